The number of nitrogens with zero attached hydrogens (tertiary/aromatic N) is 2. The van der Waals surface area contributed by atoms with Gasteiger partial charge in [0.1, 0.15) is 0 Å². The maximum Gasteiger partial charge on any atom is 0.308 e. The van der Waals surface area contributed by atoms with Gasteiger partial charge in [-0.05, 0) is 44.5 Å². The highest BCUT2D eigenvalue weighted by atomic mass is 32.2. The number of carbonyl (C=O) groups is 2. The molecular weight excluding hydrogens is 368 g/mol. The molecule has 1 atom stereocenters. The number of benzene rings is 1. The van der Waals surface area contributed by atoms with Gasteiger partial charge in [0, 0.05) is 5.69 Å². The summed E-state index contributed by atoms with van der Waals surface area (Å²) in [5.74, 6) is -0.258. The van der Waals surface area contributed by atoms with Crippen LogP contribution in [0.4, 0.5) is 5.69 Å². The Morgan fingerprint density at radius 1 is 1.15 bits per heavy atom. The van der Waals surface area contributed by atoms with Crippen LogP contribution in [-0.2, 0) is 24.2 Å². The molecule has 2 fully saturated rings. The third kappa shape index (κ3) is 4.87. The Kier molecular flexibility index (Phi) is 6.16. The van der Waals surface area contributed by atoms with Gasteiger partial charge >= 0.3 is 5.97 Å². The summed E-state index contributed by atoms with van der Waals surface area (Å²) in [7, 11) is -1.70. The zero-order valence-corrected chi connectivity index (χ0v) is 16.4. The van der Waals surface area contributed by atoms with E-state index in [0.29, 0.717) is 32.4 Å². The molecule has 2 heterocycles. The number of methoxy groups -OCH3 is 1. The Bertz CT molecular complexity index is 773. The number of anilines is 1. The number of likely N-dealkylation sites (tertiary alicyclic amines) is 1. The van der Waals surface area contributed by atoms with Crippen LogP contribution in [0.1, 0.15) is 19.3 Å². The molecule has 3 rings (SSSR count). The van der Waals surface area contributed by atoms with Crippen molar-refractivity contribution >= 4 is 27.4 Å². The molecule has 0 bridgehead atoms. The van der Waals surface area contributed by atoms with Crippen molar-refractivity contribution in [2.75, 3.05) is 43.1 Å². The summed E-state index contributed by atoms with van der Waals surface area (Å²) in [4.78, 5) is 28.4. The molecule has 0 unspecified atom stereocenters. The Morgan fingerprint density at radius 3 is 2.37 bits per heavy atom. The standard InChI is InChI=1S/C19H26N2O5S/c1-26-19(23)15-7-10-20(11-8-15)13-18(22)21(16-5-3-2-4-6-16)17-9-12-27(24,25)14-17/h2-6,15,17H,7-14H2,1H3/t17-/m1/s1. The smallest absolute Gasteiger partial charge is 0.308 e. The number of hydrogen-bond acceptors (Lipinski definition) is 6. The second kappa shape index (κ2) is 8.39. The second-order valence-corrected chi connectivity index (χ2v) is 9.46. The van der Waals surface area contributed by atoms with Crippen molar-refractivity contribution in [3.05, 3.63) is 30.3 Å². The maximum absolute atomic E-state index is 13.1. The van der Waals surface area contributed by atoms with Crippen LogP contribution in [0.25, 0.3) is 0 Å². The van der Waals surface area contributed by atoms with E-state index in [1.807, 2.05) is 35.2 Å². The molecule has 0 N–H and O–H groups in total. The lowest BCUT2D eigenvalue weighted by atomic mass is 9.97. The molecule has 0 aromatic heterocycles. The fourth-order valence-electron chi connectivity index (χ4n) is 3.89. The van der Waals surface area contributed by atoms with E-state index in [0.717, 1.165) is 5.69 Å². The molecule has 7 nitrogen and oxygen atoms in total. The van der Waals surface area contributed by atoms with Gasteiger partial charge in [0.05, 0.1) is 37.1 Å². The molecule has 1 aromatic rings. The van der Waals surface area contributed by atoms with Crippen LogP contribution in [0, 0.1) is 5.92 Å². The van der Waals surface area contributed by atoms with E-state index in [9.17, 15) is 18.0 Å². The second-order valence-electron chi connectivity index (χ2n) is 7.23. The molecule has 1 amide bonds. The number of sulfone groups is 1. The summed E-state index contributed by atoms with van der Waals surface area (Å²) in [6.45, 7) is 1.52. The first kappa shape index (κ1) is 19.8. The molecule has 27 heavy (non-hydrogen) atoms. The van der Waals surface area contributed by atoms with Crippen LogP contribution >= 0.6 is 0 Å². The molecule has 0 radical (unpaired) electrons. The molecule has 8 heteroatoms. The van der Waals surface area contributed by atoms with E-state index < -0.39 is 9.84 Å². The van der Waals surface area contributed by atoms with Crippen molar-refractivity contribution in [1.82, 2.24) is 4.90 Å². The topological polar surface area (TPSA) is 84.0 Å². The fraction of sp³-hybridized carbons (Fsp3) is 0.579. The first-order chi connectivity index (χ1) is 12.9. The van der Waals surface area contributed by atoms with Gasteiger partial charge in [0.2, 0.25) is 5.91 Å². The maximum atomic E-state index is 13.1. The van der Waals surface area contributed by atoms with Crippen molar-refractivity contribution < 1.29 is 22.7 Å². The Balaban J connectivity index is 1.68. The van der Waals surface area contributed by atoms with Crippen molar-refractivity contribution in [3.63, 3.8) is 0 Å². The summed E-state index contributed by atoms with van der Waals surface area (Å²) in [6, 6.07) is 8.92. The van der Waals surface area contributed by atoms with Crippen molar-refractivity contribution in [3.8, 4) is 0 Å². The number of ether oxygens (including phenoxy) is 1. The lowest BCUT2D eigenvalue weighted by Gasteiger charge is -2.34. The zero-order chi connectivity index (χ0) is 19.4. The molecule has 148 valence electrons. The van der Waals surface area contributed by atoms with E-state index in [4.69, 9.17) is 4.74 Å². The van der Waals surface area contributed by atoms with Gasteiger partial charge in [-0.1, -0.05) is 18.2 Å². The summed E-state index contributed by atoms with van der Waals surface area (Å²) in [6.07, 6.45) is 1.81. The van der Waals surface area contributed by atoms with Crippen LogP contribution in [0.3, 0.4) is 0 Å². The summed E-state index contributed by atoms with van der Waals surface area (Å²) in [5.41, 5.74) is 0.731. The Morgan fingerprint density at radius 2 is 1.81 bits per heavy atom. The normalized spacial score (nSPS) is 23.1. The first-order valence-electron chi connectivity index (χ1n) is 9.27. The van der Waals surface area contributed by atoms with Gasteiger partial charge in [-0.3, -0.25) is 14.5 Å². The molecular formula is C19H26N2O5S. The quantitative estimate of drug-likeness (QED) is 0.695. The lowest BCUT2D eigenvalue weighted by molar-refractivity contribution is -0.147. The zero-order valence-electron chi connectivity index (χ0n) is 15.5. The van der Waals surface area contributed by atoms with E-state index in [1.54, 1.807) is 4.90 Å². The Labute approximate surface area is 160 Å². The van der Waals surface area contributed by atoms with Crippen molar-refractivity contribution in [2.24, 2.45) is 5.92 Å². The van der Waals surface area contributed by atoms with E-state index in [1.165, 1.54) is 7.11 Å². The predicted molar refractivity (Wildman–Crippen MR) is 102 cm³/mol. The molecule has 2 aliphatic rings. The van der Waals surface area contributed by atoms with Gasteiger partial charge in [0.15, 0.2) is 9.84 Å². The molecule has 0 aliphatic carbocycles. The minimum absolute atomic E-state index is 0.0120. The summed E-state index contributed by atoms with van der Waals surface area (Å²) in [5, 5.41) is 0. The molecule has 1 aromatic carbocycles. The number of esters is 1. The first-order valence-corrected chi connectivity index (χ1v) is 11.1. The molecule has 2 saturated heterocycles. The minimum Gasteiger partial charge on any atom is -0.469 e. The monoisotopic (exact) mass is 394 g/mol. The number of amides is 1. The number of piperidine rings is 1. The summed E-state index contributed by atoms with van der Waals surface area (Å²) < 4.78 is 28.7. The molecule has 2 aliphatic heterocycles. The van der Waals surface area contributed by atoms with Gasteiger partial charge in [0.25, 0.3) is 0 Å². The van der Waals surface area contributed by atoms with Crippen LogP contribution in [-0.4, -0.2) is 69.5 Å². The van der Waals surface area contributed by atoms with Gasteiger partial charge in [-0.25, -0.2) is 8.42 Å². The Hall–Kier alpha value is -1.93. The highest BCUT2D eigenvalue weighted by Crippen LogP contribution is 2.25. The van der Waals surface area contributed by atoms with E-state index >= 15 is 0 Å². The number of carbonyl (C=O) groups excluding carboxylic acids is 2. The number of rotatable bonds is 5. The molecule has 0 spiro atoms. The van der Waals surface area contributed by atoms with Crippen LogP contribution in [0.5, 0.6) is 0 Å². The van der Waals surface area contributed by atoms with Gasteiger partial charge in [-0.15, -0.1) is 0 Å². The highest BCUT2D eigenvalue weighted by Gasteiger charge is 2.36. The predicted octanol–water partition coefficient (Wildman–Crippen LogP) is 1.09. The molecule has 0 saturated carbocycles. The van der Waals surface area contributed by atoms with Crippen molar-refractivity contribution in [2.45, 2.75) is 25.3 Å². The van der Waals surface area contributed by atoms with Crippen LogP contribution < -0.4 is 4.90 Å². The largest absolute Gasteiger partial charge is 0.469 e. The fourth-order valence-corrected chi connectivity index (χ4v) is 5.59. The third-order valence-corrected chi connectivity index (χ3v) is 7.11. The minimum atomic E-state index is -3.09. The SMILES string of the molecule is COC(=O)C1CCN(CC(=O)N(c2ccccc2)[C@@H]2CCS(=O)(=O)C2)CC1. The third-order valence-electron chi connectivity index (χ3n) is 5.36. The highest BCUT2D eigenvalue weighted by molar-refractivity contribution is 7.91. The average molecular weight is 394 g/mol. The van der Waals surface area contributed by atoms with Crippen LogP contribution in [0.15, 0.2) is 30.3 Å². The van der Waals surface area contributed by atoms with E-state index in [-0.39, 0.29) is 41.9 Å². The van der Waals surface area contributed by atoms with Crippen molar-refractivity contribution in [1.29, 1.82) is 0 Å². The van der Waals surface area contributed by atoms with E-state index in [2.05, 4.69) is 0 Å². The number of para-hydroxylation sites is 1. The van der Waals surface area contributed by atoms with Crippen LogP contribution in [0.2, 0.25) is 0 Å². The lowest BCUT2D eigenvalue weighted by Crippen LogP contribution is -2.48. The number of hydrogen-bond donors (Lipinski definition) is 0. The summed E-state index contributed by atoms with van der Waals surface area (Å²) >= 11 is 0. The average Bonchev–Trinajstić information content (AvgIpc) is 3.02. The van der Waals surface area contributed by atoms with Gasteiger partial charge < -0.3 is 9.64 Å². The van der Waals surface area contributed by atoms with Gasteiger partial charge in [-0.2, -0.15) is 0 Å².